The molecule has 0 amide bonds. The van der Waals surface area contributed by atoms with Crippen molar-refractivity contribution in [3.63, 3.8) is 0 Å². The van der Waals surface area contributed by atoms with E-state index in [1.54, 1.807) is 0 Å². The predicted octanol–water partition coefficient (Wildman–Crippen LogP) is 0.0880. The van der Waals surface area contributed by atoms with Crippen LogP contribution in [0.3, 0.4) is 0 Å². The fraction of sp³-hybridized carbons (Fsp3) is 1.00. The Hall–Kier alpha value is 0.380. The van der Waals surface area contributed by atoms with E-state index in [-0.39, 0.29) is 19.4 Å². The Kier molecular flexibility index (Phi) is 14.2. The third-order valence-corrected chi connectivity index (χ3v) is 5.72. The van der Waals surface area contributed by atoms with E-state index in [1.165, 1.54) is 0 Å². The summed E-state index contributed by atoms with van der Waals surface area (Å²) in [6.45, 7) is 2.84. The Bertz CT molecular complexity index is 261. The number of rotatable bonds is 9. The average Bonchev–Trinajstić information content (AvgIpc) is 2.20. The summed E-state index contributed by atoms with van der Waals surface area (Å²) in [6.07, 6.45) is 2.63. The average molecular weight is 323 g/mol. The largest absolute Gasteiger partial charge is 0.412 e. The lowest BCUT2D eigenvalue weighted by molar-refractivity contribution is 0.138. The van der Waals surface area contributed by atoms with Crippen LogP contribution in [0.25, 0.3) is 0 Å². The van der Waals surface area contributed by atoms with E-state index < -0.39 is 27.5 Å². The third kappa shape index (κ3) is 8.30. The Morgan fingerprint density at radius 2 is 1.74 bits per heavy atom. The molecule has 0 saturated carbocycles. The van der Waals surface area contributed by atoms with Gasteiger partial charge in [0.25, 0.3) is 0 Å². The highest BCUT2D eigenvalue weighted by Gasteiger charge is 2.51. The number of aliphatic hydroxyl groups is 1. The minimum Gasteiger partial charge on any atom is -0.412 e. The van der Waals surface area contributed by atoms with Crippen LogP contribution in [0.4, 0.5) is 0 Å². The molecule has 0 spiro atoms. The van der Waals surface area contributed by atoms with Crippen molar-refractivity contribution in [1.82, 2.24) is 5.32 Å². The summed E-state index contributed by atoms with van der Waals surface area (Å²) in [5.41, 5.74) is 0. The van der Waals surface area contributed by atoms with Gasteiger partial charge >= 0.3 is 7.60 Å². The summed E-state index contributed by atoms with van der Waals surface area (Å²) in [7, 11) is -8.07. The molecule has 10 heteroatoms. The maximum atomic E-state index is 11.0. The van der Waals surface area contributed by atoms with Crippen molar-refractivity contribution in [2.45, 2.75) is 45.1 Å². The summed E-state index contributed by atoms with van der Waals surface area (Å²) in [5.74, 6) is 0. The lowest BCUT2D eigenvalue weighted by Crippen LogP contribution is -2.31. The Morgan fingerprint density at radius 3 is 2.11 bits per heavy atom. The second-order valence-electron chi connectivity index (χ2n) is 3.81. The molecule has 8 nitrogen and oxygen atoms in total. The molecule has 0 rings (SSSR count). The van der Waals surface area contributed by atoms with Gasteiger partial charge in [-0.25, -0.2) is 0 Å². The van der Waals surface area contributed by atoms with Gasteiger partial charge in [-0.1, -0.05) is 27.2 Å². The molecule has 0 aliphatic rings. The zero-order valence-electron chi connectivity index (χ0n) is 10.3. The fourth-order valence-electron chi connectivity index (χ4n) is 1.24. The zero-order chi connectivity index (χ0) is 13.5. The molecule has 0 aliphatic carbocycles. The van der Waals surface area contributed by atoms with Gasteiger partial charge in [-0.3, -0.25) is 4.57 Å². The zero-order valence-corrected chi connectivity index (χ0v) is 12.1. The van der Waals surface area contributed by atoms with Crippen molar-refractivity contribution in [3.05, 3.63) is 0 Å². The van der Waals surface area contributed by atoms with E-state index in [9.17, 15) is 9.67 Å². The van der Waals surface area contributed by atoms with Crippen molar-refractivity contribution in [2.24, 2.45) is 0 Å². The van der Waals surface area contributed by atoms with E-state index in [0.29, 0.717) is 6.54 Å². The van der Waals surface area contributed by atoms with Gasteiger partial charge in [0.1, 0.15) is 0 Å². The lowest BCUT2D eigenvalue weighted by atomic mass is 10.2. The SMILES string of the molecule is C.CCCCCNCCC(O)(P(O)O)P(=O)(O)O.O. The van der Waals surface area contributed by atoms with Gasteiger partial charge in [-0.05, 0) is 19.5 Å². The van der Waals surface area contributed by atoms with Gasteiger partial charge < -0.3 is 35.5 Å². The van der Waals surface area contributed by atoms with E-state index in [4.69, 9.17) is 19.6 Å². The molecule has 0 heterocycles. The topological polar surface area (TPSA) is 162 Å². The summed E-state index contributed by atoms with van der Waals surface area (Å²) in [6, 6.07) is 0. The van der Waals surface area contributed by atoms with Gasteiger partial charge in [0.05, 0.1) is 0 Å². The minimum absolute atomic E-state index is 0. The van der Waals surface area contributed by atoms with Gasteiger partial charge in [0.2, 0.25) is 13.5 Å². The smallest absolute Gasteiger partial charge is 0.366 e. The molecule has 0 bridgehead atoms. The molecule has 0 aliphatic heterocycles. The van der Waals surface area contributed by atoms with E-state index in [2.05, 4.69) is 12.2 Å². The minimum atomic E-state index is -4.96. The molecule has 0 saturated heterocycles. The van der Waals surface area contributed by atoms with Gasteiger partial charge in [0, 0.05) is 6.42 Å². The van der Waals surface area contributed by atoms with Crippen LogP contribution in [0.5, 0.6) is 0 Å². The number of hydrogen-bond acceptors (Lipinski definition) is 5. The van der Waals surface area contributed by atoms with Gasteiger partial charge in [0.15, 0.2) is 0 Å². The van der Waals surface area contributed by atoms with E-state index in [1.807, 2.05) is 0 Å². The fourth-order valence-corrected chi connectivity index (χ4v) is 2.89. The molecule has 0 aromatic heterocycles. The molecular weight excluding hydrogens is 296 g/mol. The molecule has 0 radical (unpaired) electrons. The lowest BCUT2D eigenvalue weighted by Gasteiger charge is -2.29. The van der Waals surface area contributed by atoms with Gasteiger partial charge in [-0.15, -0.1) is 0 Å². The first kappa shape index (κ1) is 24.4. The van der Waals surface area contributed by atoms with Crippen LogP contribution in [0.2, 0.25) is 0 Å². The van der Waals surface area contributed by atoms with Crippen LogP contribution in [0, 0.1) is 0 Å². The quantitative estimate of drug-likeness (QED) is 0.259. The van der Waals surface area contributed by atoms with Crippen LogP contribution in [0.15, 0.2) is 0 Å². The highest BCUT2D eigenvalue weighted by molar-refractivity contribution is 7.69. The summed E-state index contributed by atoms with van der Waals surface area (Å²) < 4.78 is 11.0. The summed E-state index contributed by atoms with van der Waals surface area (Å²) in [4.78, 5) is 35.6. The molecule has 120 valence electrons. The maximum absolute atomic E-state index is 11.0. The van der Waals surface area contributed by atoms with Crippen LogP contribution in [-0.4, -0.2) is 48.3 Å². The molecule has 19 heavy (non-hydrogen) atoms. The Morgan fingerprint density at radius 1 is 1.21 bits per heavy atom. The van der Waals surface area contributed by atoms with Crippen molar-refractivity contribution in [3.8, 4) is 0 Å². The van der Waals surface area contributed by atoms with Crippen LogP contribution in [0.1, 0.15) is 40.0 Å². The Balaban J connectivity index is -0.00000128. The molecule has 0 fully saturated rings. The summed E-state index contributed by atoms with van der Waals surface area (Å²) >= 11 is 0. The highest BCUT2D eigenvalue weighted by Crippen LogP contribution is 2.64. The summed E-state index contributed by atoms with van der Waals surface area (Å²) in [5, 5.41) is 9.71. The molecular formula is C9H27NO7P2. The normalized spacial score (nSPS) is 14.5. The van der Waals surface area contributed by atoms with E-state index in [0.717, 1.165) is 19.3 Å². The van der Waals surface area contributed by atoms with Crippen molar-refractivity contribution >= 4 is 16.0 Å². The molecule has 1 atom stereocenters. The van der Waals surface area contributed by atoms with E-state index >= 15 is 0 Å². The number of hydrogen-bond donors (Lipinski definition) is 6. The Labute approximate surface area is 115 Å². The monoisotopic (exact) mass is 323 g/mol. The molecule has 1 unspecified atom stereocenters. The standard InChI is InChI=1S/C8H21NO6P2.CH4.H2O/c1-2-3-4-6-9-7-5-8(10,16(11)12)17(13,14)15;;/h9-12H,2-7H2,1H3,(H2,13,14,15);1H4;1H2. The molecule has 0 aromatic carbocycles. The van der Waals surface area contributed by atoms with Crippen LogP contribution >= 0.6 is 16.0 Å². The highest BCUT2D eigenvalue weighted by atomic mass is 31.2. The van der Waals surface area contributed by atoms with Crippen LogP contribution < -0.4 is 5.32 Å². The first-order valence-corrected chi connectivity index (χ1v) is 8.28. The first-order chi connectivity index (χ1) is 7.75. The van der Waals surface area contributed by atoms with Crippen molar-refractivity contribution in [1.29, 1.82) is 0 Å². The van der Waals surface area contributed by atoms with Gasteiger partial charge in [-0.2, -0.15) is 0 Å². The number of nitrogens with one attached hydrogen (secondary N) is 1. The second-order valence-corrected chi connectivity index (χ2v) is 7.31. The predicted molar refractivity (Wildman–Crippen MR) is 75.7 cm³/mol. The van der Waals surface area contributed by atoms with Crippen molar-refractivity contribution in [2.75, 3.05) is 13.1 Å². The molecule has 8 N–H and O–H groups in total. The third-order valence-electron chi connectivity index (χ3n) is 2.38. The first-order valence-electron chi connectivity index (χ1n) is 5.42. The van der Waals surface area contributed by atoms with Crippen LogP contribution in [-0.2, 0) is 4.57 Å². The number of unbranched alkanes of at least 4 members (excludes halogenated alkanes) is 2. The molecule has 0 aromatic rings. The maximum Gasteiger partial charge on any atom is 0.366 e. The second kappa shape index (κ2) is 11.1. The van der Waals surface area contributed by atoms with Crippen molar-refractivity contribution < 1.29 is 34.7 Å².